The predicted molar refractivity (Wildman–Crippen MR) is 87.5 cm³/mol. The summed E-state index contributed by atoms with van der Waals surface area (Å²) in [5, 5.41) is 3.30. The molecule has 0 aliphatic carbocycles. The first kappa shape index (κ1) is 15.6. The fourth-order valence-corrected chi connectivity index (χ4v) is 3.11. The molecule has 0 unspecified atom stereocenters. The number of carbonyl (C=O) groups is 1. The Bertz CT molecular complexity index is 692. The van der Waals surface area contributed by atoms with Crippen LogP contribution in [0.4, 0.5) is 10.1 Å². The molecule has 2 heterocycles. The van der Waals surface area contributed by atoms with Gasteiger partial charge in [0.2, 0.25) is 5.91 Å². The number of para-hydroxylation sites is 1. The molecule has 1 aromatic carbocycles. The first-order valence-electron chi connectivity index (χ1n) is 7.81. The molecule has 1 aromatic heterocycles. The zero-order chi connectivity index (χ0) is 16.4. The molecule has 4 nitrogen and oxygen atoms in total. The van der Waals surface area contributed by atoms with Crippen molar-refractivity contribution in [3.63, 3.8) is 0 Å². The lowest BCUT2D eigenvalue weighted by molar-refractivity contribution is -0.119. The molecular weight excluding hydrogens is 293 g/mol. The van der Waals surface area contributed by atoms with E-state index in [9.17, 15) is 9.18 Å². The molecule has 1 aliphatic rings. The normalized spacial score (nSPS) is 22.4. The quantitative estimate of drug-likeness (QED) is 0.943. The maximum absolute atomic E-state index is 13.3. The third kappa shape index (κ3) is 3.24. The summed E-state index contributed by atoms with van der Waals surface area (Å²) >= 11 is 0. The zero-order valence-electron chi connectivity index (χ0n) is 13.2. The van der Waals surface area contributed by atoms with Crippen LogP contribution in [0.25, 0.3) is 0 Å². The third-order valence-electron chi connectivity index (χ3n) is 4.26. The minimum absolute atomic E-state index is 0.0555. The van der Waals surface area contributed by atoms with Crippen LogP contribution in [0.2, 0.25) is 0 Å². The molecule has 1 N–H and O–H groups in total. The number of hydrogen-bond acceptors (Lipinski definition) is 3. The molecule has 3 atom stereocenters. The fraction of sp³-hybridized carbons (Fsp3) is 0.333. The number of nitrogens with zero attached hydrogens (tertiary/aromatic N) is 2. The molecule has 3 rings (SSSR count). The van der Waals surface area contributed by atoms with E-state index in [1.54, 1.807) is 6.20 Å². The van der Waals surface area contributed by atoms with Crippen molar-refractivity contribution in [1.29, 1.82) is 0 Å². The van der Waals surface area contributed by atoms with Crippen molar-refractivity contribution in [2.45, 2.75) is 38.4 Å². The monoisotopic (exact) mass is 313 g/mol. The second-order valence-corrected chi connectivity index (χ2v) is 6.01. The molecule has 1 aliphatic heterocycles. The molecule has 1 saturated heterocycles. The van der Waals surface area contributed by atoms with Crippen molar-refractivity contribution in [2.75, 3.05) is 4.90 Å². The minimum atomic E-state index is -0.367. The summed E-state index contributed by atoms with van der Waals surface area (Å²) in [6.07, 6.45) is 3.52. The van der Waals surface area contributed by atoms with Crippen molar-refractivity contribution in [3.05, 3.63) is 60.2 Å². The SMILES string of the molecule is C[C@H](N[C@H]1C[C@H](C)N(c2ccccc2)C1=O)c1cncc(F)c1. The molecule has 0 bridgehead atoms. The molecule has 1 amide bonds. The lowest BCUT2D eigenvalue weighted by Gasteiger charge is -2.22. The van der Waals surface area contributed by atoms with Crippen LogP contribution in [-0.4, -0.2) is 23.0 Å². The molecule has 2 aromatic rings. The summed E-state index contributed by atoms with van der Waals surface area (Å²) in [7, 11) is 0. The summed E-state index contributed by atoms with van der Waals surface area (Å²) in [4.78, 5) is 18.4. The molecular formula is C18H20FN3O. The van der Waals surface area contributed by atoms with Crippen LogP contribution in [0.15, 0.2) is 48.8 Å². The van der Waals surface area contributed by atoms with Crippen LogP contribution in [0, 0.1) is 5.82 Å². The first-order chi connectivity index (χ1) is 11.1. The number of anilines is 1. The highest BCUT2D eigenvalue weighted by atomic mass is 19.1. The maximum Gasteiger partial charge on any atom is 0.244 e. The van der Waals surface area contributed by atoms with Gasteiger partial charge in [-0.2, -0.15) is 0 Å². The number of aromatic nitrogens is 1. The third-order valence-corrected chi connectivity index (χ3v) is 4.26. The van der Waals surface area contributed by atoms with E-state index >= 15 is 0 Å². The van der Waals surface area contributed by atoms with Gasteiger partial charge < -0.3 is 4.90 Å². The van der Waals surface area contributed by atoms with Gasteiger partial charge in [-0.1, -0.05) is 18.2 Å². The van der Waals surface area contributed by atoms with Gasteiger partial charge in [0.05, 0.1) is 12.2 Å². The molecule has 120 valence electrons. The van der Waals surface area contributed by atoms with Gasteiger partial charge in [0.25, 0.3) is 0 Å². The van der Waals surface area contributed by atoms with Gasteiger partial charge in [0.1, 0.15) is 5.82 Å². The van der Waals surface area contributed by atoms with Crippen LogP contribution in [-0.2, 0) is 4.79 Å². The number of rotatable bonds is 4. The van der Waals surface area contributed by atoms with Gasteiger partial charge in [0.15, 0.2) is 0 Å². The van der Waals surface area contributed by atoms with E-state index in [-0.39, 0.29) is 29.8 Å². The summed E-state index contributed by atoms with van der Waals surface area (Å²) in [5.74, 6) is -0.312. The smallest absolute Gasteiger partial charge is 0.244 e. The van der Waals surface area contributed by atoms with Gasteiger partial charge in [-0.25, -0.2) is 4.39 Å². The standard InChI is InChI=1S/C18H20FN3O/c1-12-8-17(18(23)22(12)16-6-4-3-5-7-16)21-13(2)14-9-15(19)11-20-10-14/h3-7,9-13,17,21H,8H2,1-2H3/t12-,13-,17-/m0/s1. The van der Waals surface area contributed by atoms with Crippen LogP contribution in [0.5, 0.6) is 0 Å². The lowest BCUT2D eigenvalue weighted by Crippen LogP contribution is -2.40. The molecule has 5 heteroatoms. The highest BCUT2D eigenvalue weighted by Gasteiger charge is 2.38. The molecule has 0 radical (unpaired) electrons. The number of halogens is 1. The van der Waals surface area contributed by atoms with Crippen molar-refractivity contribution in [2.24, 2.45) is 0 Å². The largest absolute Gasteiger partial charge is 0.308 e. The average Bonchev–Trinajstić information content (AvgIpc) is 2.82. The Hall–Kier alpha value is -2.27. The van der Waals surface area contributed by atoms with Crippen LogP contribution in [0.1, 0.15) is 31.9 Å². The van der Waals surface area contributed by atoms with Crippen molar-refractivity contribution >= 4 is 11.6 Å². The van der Waals surface area contributed by atoms with Crippen LogP contribution in [0.3, 0.4) is 0 Å². The van der Waals surface area contributed by atoms with Crippen molar-refractivity contribution in [1.82, 2.24) is 10.3 Å². The number of pyridine rings is 1. The minimum Gasteiger partial charge on any atom is -0.308 e. The topological polar surface area (TPSA) is 45.2 Å². The van der Waals surface area contributed by atoms with Gasteiger partial charge in [-0.15, -0.1) is 0 Å². The molecule has 0 saturated carbocycles. The van der Waals surface area contributed by atoms with E-state index in [4.69, 9.17) is 0 Å². The number of amides is 1. The molecule has 23 heavy (non-hydrogen) atoms. The Morgan fingerprint density at radius 2 is 2.04 bits per heavy atom. The van der Waals surface area contributed by atoms with Gasteiger partial charge >= 0.3 is 0 Å². The number of carbonyl (C=O) groups excluding carboxylic acids is 1. The average molecular weight is 313 g/mol. The Kier molecular flexibility index (Phi) is 4.39. The summed E-state index contributed by atoms with van der Waals surface area (Å²) in [5.41, 5.74) is 1.65. The van der Waals surface area contributed by atoms with E-state index in [1.165, 1.54) is 12.3 Å². The Morgan fingerprint density at radius 1 is 1.30 bits per heavy atom. The summed E-state index contributed by atoms with van der Waals surface area (Å²) in [6.45, 7) is 3.96. The Morgan fingerprint density at radius 3 is 2.74 bits per heavy atom. The van der Waals surface area contributed by atoms with Gasteiger partial charge in [0, 0.05) is 24.0 Å². The van der Waals surface area contributed by atoms with E-state index in [0.717, 1.165) is 17.7 Å². The van der Waals surface area contributed by atoms with Gasteiger partial charge in [-0.3, -0.25) is 15.1 Å². The van der Waals surface area contributed by atoms with Crippen molar-refractivity contribution in [3.8, 4) is 0 Å². The Labute approximate surface area is 135 Å². The molecule has 1 fully saturated rings. The second kappa shape index (κ2) is 6.46. The number of nitrogens with one attached hydrogen (secondary N) is 1. The highest BCUT2D eigenvalue weighted by Crippen LogP contribution is 2.27. The maximum atomic E-state index is 13.3. The molecule has 0 spiro atoms. The predicted octanol–water partition coefficient (Wildman–Crippen LogP) is 3.07. The van der Waals surface area contributed by atoms with E-state index < -0.39 is 0 Å². The second-order valence-electron chi connectivity index (χ2n) is 6.01. The lowest BCUT2D eigenvalue weighted by atomic mass is 10.1. The summed E-state index contributed by atoms with van der Waals surface area (Å²) < 4.78 is 13.3. The number of hydrogen-bond donors (Lipinski definition) is 1. The van der Waals surface area contributed by atoms with Crippen LogP contribution >= 0.6 is 0 Å². The highest BCUT2D eigenvalue weighted by molar-refractivity contribution is 6.00. The first-order valence-corrected chi connectivity index (χ1v) is 7.81. The zero-order valence-corrected chi connectivity index (χ0v) is 13.2. The van der Waals surface area contributed by atoms with Gasteiger partial charge in [-0.05, 0) is 44.0 Å². The summed E-state index contributed by atoms with van der Waals surface area (Å²) in [6, 6.07) is 10.8. The van der Waals surface area contributed by atoms with E-state index in [0.29, 0.717) is 0 Å². The van der Waals surface area contributed by atoms with E-state index in [2.05, 4.69) is 10.3 Å². The number of benzene rings is 1. The van der Waals surface area contributed by atoms with Crippen LogP contribution < -0.4 is 10.2 Å². The fourth-order valence-electron chi connectivity index (χ4n) is 3.11. The van der Waals surface area contributed by atoms with Crippen molar-refractivity contribution < 1.29 is 9.18 Å². The van der Waals surface area contributed by atoms with E-state index in [1.807, 2.05) is 49.1 Å². The Balaban J connectivity index is 1.74.